The number of fused-ring (bicyclic) bond motifs is 2. The van der Waals surface area contributed by atoms with Crippen molar-refractivity contribution in [2.24, 2.45) is 7.05 Å². The molecular formula is C29H31N5O3. The second-order valence-electron chi connectivity index (χ2n) is 9.61. The molecule has 5 rings (SSSR count). The van der Waals surface area contributed by atoms with Gasteiger partial charge in [-0.05, 0) is 67.3 Å². The molecular weight excluding hydrogens is 466 g/mol. The standard InChI is InChI=1S/C29H31N5O3/c1-6-37-26-11-18(4)32-28(35)22(26)15-30-29(36)25-14-21(13-24-27(17(2)3)31-16-34(24)25)19-7-8-23-20(12-19)9-10-33(23)5/h7-14,16-17H,6,15H2,1-5H3,(H,30,36)(H,32,35). The summed E-state index contributed by atoms with van der Waals surface area (Å²) in [5, 5.41) is 4.06. The van der Waals surface area contributed by atoms with Crippen molar-refractivity contribution in [2.45, 2.75) is 40.2 Å². The summed E-state index contributed by atoms with van der Waals surface area (Å²) in [7, 11) is 2.02. The van der Waals surface area contributed by atoms with Gasteiger partial charge in [0.15, 0.2) is 0 Å². The van der Waals surface area contributed by atoms with Crippen molar-refractivity contribution in [3.63, 3.8) is 0 Å². The Bertz CT molecular complexity index is 1690. The summed E-state index contributed by atoms with van der Waals surface area (Å²) in [6.07, 6.45) is 3.72. The Kier molecular flexibility index (Phi) is 6.33. The number of imidazole rings is 1. The molecule has 0 spiro atoms. The number of rotatable bonds is 7. The maximum Gasteiger partial charge on any atom is 0.268 e. The Morgan fingerprint density at radius 1 is 1.11 bits per heavy atom. The summed E-state index contributed by atoms with van der Waals surface area (Å²) >= 11 is 0. The summed E-state index contributed by atoms with van der Waals surface area (Å²) < 4.78 is 9.56. The molecule has 0 aliphatic heterocycles. The molecule has 1 amide bonds. The Labute approximate surface area is 214 Å². The molecule has 190 valence electrons. The lowest BCUT2D eigenvalue weighted by Crippen LogP contribution is -2.29. The van der Waals surface area contributed by atoms with E-state index in [2.05, 4.69) is 64.0 Å². The zero-order chi connectivity index (χ0) is 26.3. The lowest BCUT2D eigenvalue weighted by molar-refractivity contribution is 0.0944. The number of amides is 1. The maximum absolute atomic E-state index is 13.5. The topological polar surface area (TPSA) is 93.4 Å². The number of hydrogen-bond acceptors (Lipinski definition) is 4. The molecule has 0 radical (unpaired) electrons. The first kappa shape index (κ1) is 24.4. The highest BCUT2D eigenvalue weighted by atomic mass is 16.5. The average molecular weight is 498 g/mol. The first-order valence-electron chi connectivity index (χ1n) is 12.5. The minimum atomic E-state index is -0.303. The van der Waals surface area contributed by atoms with Crippen molar-refractivity contribution >= 4 is 22.3 Å². The minimum absolute atomic E-state index is 0.0389. The number of pyridine rings is 2. The van der Waals surface area contributed by atoms with E-state index < -0.39 is 0 Å². The number of benzene rings is 1. The van der Waals surface area contributed by atoms with E-state index in [9.17, 15) is 9.59 Å². The number of carbonyl (C=O) groups is 1. The van der Waals surface area contributed by atoms with Gasteiger partial charge >= 0.3 is 0 Å². The van der Waals surface area contributed by atoms with Gasteiger partial charge in [0.25, 0.3) is 11.5 Å². The lowest BCUT2D eigenvalue weighted by Gasteiger charge is -2.14. The molecule has 0 atom stereocenters. The Hall–Kier alpha value is -4.33. The molecule has 0 aliphatic carbocycles. The first-order valence-corrected chi connectivity index (χ1v) is 12.5. The summed E-state index contributed by atoms with van der Waals surface area (Å²) in [6.45, 7) is 8.29. The van der Waals surface area contributed by atoms with Crippen molar-refractivity contribution in [3.8, 4) is 16.9 Å². The molecule has 4 aromatic heterocycles. The Morgan fingerprint density at radius 3 is 2.68 bits per heavy atom. The summed E-state index contributed by atoms with van der Waals surface area (Å²) in [6, 6.07) is 14.1. The summed E-state index contributed by atoms with van der Waals surface area (Å²) in [4.78, 5) is 33.6. The van der Waals surface area contributed by atoms with Crippen LogP contribution in [0.5, 0.6) is 5.75 Å². The molecule has 8 heteroatoms. The molecule has 0 saturated carbocycles. The van der Waals surface area contributed by atoms with E-state index in [1.165, 1.54) is 0 Å². The van der Waals surface area contributed by atoms with Crippen molar-refractivity contribution in [1.82, 2.24) is 24.3 Å². The number of ether oxygens (including phenoxy) is 1. The van der Waals surface area contributed by atoms with Gasteiger partial charge in [-0.15, -0.1) is 0 Å². The van der Waals surface area contributed by atoms with Crippen LogP contribution >= 0.6 is 0 Å². The predicted octanol–water partition coefficient (Wildman–Crippen LogP) is 4.94. The van der Waals surface area contributed by atoms with Gasteiger partial charge in [0.05, 0.1) is 29.9 Å². The minimum Gasteiger partial charge on any atom is -0.493 e. The number of aromatic nitrogens is 4. The predicted molar refractivity (Wildman–Crippen MR) is 145 cm³/mol. The Morgan fingerprint density at radius 2 is 1.92 bits per heavy atom. The molecule has 2 N–H and O–H groups in total. The third-order valence-corrected chi connectivity index (χ3v) is 6.63. The highest BCUT2D eigenvalue weighted by Gasteiger charge is 2.19. The number of hydrogen-bond donors (Lipinski definition) is 2. The van der Waals surface area contributed by atoms with Crippen LogP contribution < -0.4 is 15.6 Å². The van der Waals surface area contributed by atoms with Gasteiger partial charge in [0.2, 0.25) is 0 Å². The molecule has 4 heterocycles. The van der Waals surface area contributed by atoms with E-state index >= 15 is 0 Å². The van der Waals surface area contributed by atoms with E-state index in [0.717, 1.165) is 33.2 Å². The largest absolute Gasteiger partial charge is 0.493 e. The number of nitrogens with zero attached hydrogens (tertiary/aromatic N) is 3. The number of H-pyrrole nitrogens is 1. The van der Waals surface area contributed by atoms with Gasteiger partial charge in [-0.1, -0.05) is 19.9 Å². The first-order chi connectivity index (χ1) is 17.8. The fraction of sp³-hybridized carbons (Fsp3) is 0.276. The van der Waals surface area contributed by atoms with Gasteiger partial charge < -0.3 is 19.6 Å². The van der Waals surface area contributed by atoms with Crippen molar-refractivity contribution in [2.75, 3.05) is 6.61 Å². The van der Waals surface area contributed by atoms with Crippen LogP contribution in [0.2, 0.25) is 0 Å². The smallest absolute Gasteiger partial charge is 0.268 e. The monoisotopic (exact) mass is 497 g/mol. The summed E-state index contributed by atoms with van der Waals surface area (Å²) in [5.41, 5.74) is 6.14. The van der Waals surface area contributed by atoms with Crippen LogP contribution in [0.1, 0.15) is 54.1 Å². The van der Waals surface area contributed by atoms with Gasteiger partial charge in [0.1, 0.15) is 17.8 Å². The number of aromatic amines is 1. The number of nitrogens with one attached hydrogen (secondary N) is 2. The van der Waals surface area contributed by atoms with E-state index in [1.807, 2.05) is 30.6 Å². The average Bonchev–Trinajstić information content (AvgIpc) is 3.46. The van der Waals surface area contributed by atoms with Crippen LogP contribution in [0.4, 0.5) is 0 Å². The zero-order valence-electron chi connectivity index (χ0n) is 21.8. The van der Waals surface area contributed by atoms with Crippen molar-refractivity contribution in [3.05, 3.63) is 88.0 Å². The van der Waals surface area contributed by atoms with Crippen LogP contribution in [0, 0.1) is 6.92 Å². The normalized spacial score (nSPS) is 11.5. The summed E-state index contributed by atoms with van der Waals surface area (Å²) in [5.74, 6) is 0.360. The quantitative estimate of drug-likeness (QED) is 0.333. The molecule has 0 bridgehead atoms. The van der Waals surface area contributed by atoms with E-state index in [4.69, 9.17) is 4.74 Å². The van der Waals surface area contributed by atoms with Crippen LogP contribution in [-0.4, -0.2) is 31.4 Å². The fourth-order valence-corrected chi connectivity index (χ4v) is 4.76. The highest BCUT2D eigenvalue weighted by molar-refractivity contribution is 5.96. The van der Waals surface area contributed by atoms with Gasteiger partial charge in [0, 0.05) is 29.8 Å². The van der Waals surface area contributed by atoms with E-state index in [1.54, 1.807) is 19.3 Å². The zero-order valence-corrected chi connectivity index (χ0v) is 21.8. The number of aryl methyl sites for hydroxylation is 2. The van der Waals surface area contributed by atoms with Crippen LogP contribution in [0.15, 0.2) is 59.8 Å². The van der Waals surface area contributed by atoms with Gasteiger partial charge in [-0.25, -0.2) is 4.98 Å². The third-order valence-electron chi connectivity index (χ3n) is 6.63. The molecule has 0 fully saturated rings. The van der Waals surface area contributed by atoms with Gasteiger partial charge in [-0.2, -0.15) is 0 Å². The molecule has 8 nitrogen and oxygen atoms in total. The van der Waals surface area contributed by atoms with Crippen molar-refractivity contribution in [1.29, 1.82) is 0 Å². The van der Waals surface area contributed by atoms with E-state index in [-0.39, 0.29) is 23.9 Å². The molecule has 0 unspecified atom stereocenters. The second-order valence-corrected chi connectivity index (χ2v) is 9.61. The Balaban J connectivity index is 1.56. The number of carbonyl (C=O) groups excluding carboxylic acids is 1. The maximum atomic E-state index is 13.5. The van der Waals surface area contributed by atoms with E-state index in [0.29, 0.717) is 29.3 Å². The SMILES string of the molecule is CCOc1cc(C)[nH]c(=O)c1CNC(=O)c1cc(-c2ccc3c(ccn3C)c2)cc2c(C(C)C)ncn12. The van der Waals surface area contributed by atoms with Crippen molar-refractivity contribution < 1.29 is 9.53 Å². The molecule has 37 heavy (non-hydrogen) atoms. The molecule has 1 aromatic carbocycles. The molecule has 5 aromatic rings. The highest BCUT2D eigenvalue weighted by Crippen LogP contribution is 2.30. The fourth-order valence-electron chi connectivity index (χ4n) is 4.76. The third kappa shape index (κ3) is 4.50. The molecule has 0 aliphatic rings. The van der Waals surface area contributed by atoms with Gasteiger partial charge in [-0.3, -0.25) is 14.0 Å². The second kappa shape index (κ2) is 9.61. The van der Waals surface area contributed by atoms with Crippen LogP contribution in [0.25, 0.3) is 27.5 Å². The molecule has 0 saturated heterocycles. The van der Waals surface area contributed by atoms with Crippen LogP contribution in [0.3, 0.4) is 0 Å². The van der Waals surface area contributed by atoms with Crippen LogP contribution in [-0.2, 0) is 13.6 Å². The lowest BCUT2D eigenvalue weighted by atomic mass is 10.0.